The molecule has 2 atom stereocenters. The van der Waals surface area contributed by atoms with Gasteiger partial charge in [0.1, 0.15) is 11.9 Å². The fourth-order valence-corrected chi connectivity index (χ4v) is 4.15. The fourth-order valence-electron chi connectivity index (χ4n) is 2.85. The van der Waals surface area contributed by atoms with Gasteiger partial charge in [-0.15, -0.1) is 0 Å². The molecular formula is C19H23NO4S. The van der Waals surface area contributed by atoms with Crippen LogP contribution in [0.25, 0.3) is 0 Å². The lowest BCUT2D eigenvalue weighted by atomic mass is 10.0. The van der Waals surface area contributed by atoms with Crippen LogP contribution < -0.4 is 10.1 Å². The first-order valence-corrected chi connectivity index (χ1v) is 9.93. The van der Waals surface area contributed by atoms with Gasteiger partial charge in [0.05, 0.1) is 16.4 Å². The summed E-state index contributed by atoms with van der Waals surface area (Å²) in [5.74, 6) is 0.631. The van der Waals surface area contributed by atoms with Gasteiger partial charge in [-0.3, -0.25) is 0 Å². The SMILES string of the molecule is C[C@@H](CO)NC[C@H]1CCc2ccc(S(=O)(=O)c3ccccc3)cc2O1. The molecule has 3 rings (SSSR count). The molecule has 1 aliphatic heterocycles. The first kappa shape index (κ1) is 17.9. The molecule has 0 bridgehead atoms. The maximum absolute atomic E-state index is 12.8. The lowest BCUT2D eigenvalue weighted by Gasteiger charge is -2.27. The van der Waals surface area contributed by atoms with Crippen LogP contribution in [0.1, 0.15) is 18.9 Å². The van der Waals surface area contributed by atoms with Gasteiger partial charge in [-0.1, -0.05) is 24.3 Å². The van der Waals surface area contributed by atoms with Crippen LogP contribution in [-0.2, 0) is 16.3 Å². The molecule has 0 unspecified atom stereocenters. The van der Waals surface area contributed by atoms with E-state index in [1.807, 2.05) is 13.0 Å². The fraction of sp³-hybridized carbons (Fsp3) is 0.368. The summed E-state index contributed by atoms with van der Waals surface area (Å²) in [5.41, 5.74) is 1.03. The second-order valence-corrected chi connectivity index (χ2v) is 8.31. The Balaban J connectivity index is 1.80. The molecule has 1 aliphatic rings. The summed E-state index contributed by atoms with van der Waals surface area (Å²) in [5, 5.41) is 12.3. The second kappa shape index (κ2) is 7.56. The Labute approximate surface area is 148 Å². The highest BCUT2D eigenvalue weighted by Gasteiger charge is 2.24. The Bertz CT molecular complexity index is 821. The predicted molar refractivity (Wildman–Crippen MR) is 95.6 cm³/mol. The zero-order valence-corrected chi connectivity index (χ0v) is 15.0. The number of aliphatic hydroxyl groups is 1. The maximum atomic E-state index is 12.8. The normalized spacial score (nSPS) is 18.2. The number of ether oxygens (including phenoxy) is 1. The first-order valence-electron chi connectivity index (χ1n) is 8.44. The maximum Gasteiger partial charge on any atom is 0.206 e. The number of aryl methyl sites for hydroxylation is 1. The van der Waals surface area contributed by atoms with Crippen molar-refractivity contribution in [3.8, 4) is 5.75 Å². The minimum Gasteiger partial charge on any atom is -0.489 e. The Morgan fingerprint density at radius 3 is 2.68 bits per heavy atom. The molecule has 2 N–H and O–H groups in total. The largest absolute Gasteiger partial charge is 0.489 e. The number of fused-ring (bicyclic) bond motifs is 1. The highest BCUT2D eigenvalue weighted by atomic mass is 32.2. The molecule has 25 heavy (non-hydrogen) atoms. The van der Waals surface area contributed by atoms with E-state index in [0.29, 0.717) is 12.3 Å². The van der Waals surface area contributed by atoms with Crippen LogP contribution in [0.15, 0.2) is 58.3 Å². The topological polar surface area (TPSA) is 75.6 Å². The van der Waals surface area contributed by atoms with Gasteiger partial charge in [0.15, 0.2) is 0 Å². The minimum atomic E-state index is -3.55. The van der Waals surface area contributed by atoms with E-state index in [4.69, 9.17) is 9.84 Å². The molecule has 2 aromatic carbocycles. The zero-order valence-electron chi connectivity index (χ0n) is 14.2. The van der Waals surface area contributed by atoms with Crippen molar-refractivity contribution in [1.82, 2.24) is 5.32 Å². The average molecular weight is 361 g/mol. The average Bonchev–Trinajstić information content (AvgIpc) is 2.66. The van der Waals surface area contributed by atoms with Crippen LogP contribution in [0.3, 0.4) is 0 Å². The standard InChI is InChI=1S/C19H23NO4S/c1-14(13-21)20-12-16-9-7-15-8-10-18(11-19(15)24-16)25(22,23)17-5-3-2-4-6-17/h2-6,8,10-11,14,16,20-21H,7,9,12-13H2,1H3/t14-,16+/m0/s1. The van der Waals surface area contributed by atoms with Crippen LogP contribution in [-0.4, -0.2) is 38.8 Å². The van der Waals surface area contributed by atoms with Crippen molar-refractivity contribution in [2.75, 3.05) is 13.2 Å². The smallest absolute Gasteiger partial charge is 0.206 e. The van der Waals surface area contributed by atoms with E-state index in [0.717, 1.165) is 18.4 Å². The molecule has 0 aromatic heterocycles. The van der Waals surface area contributed by atoms with Gasteiger partial charge >= 0.3 is 0 Å². The monoisotopic (exact) mass is 361 g/mol. The van der Waals surface area contributed by atoms with Gasteiger partial charge in [-0.25, -0.2) is 8.42 Å². The molecule has 2 aromatic rings. The van der Waals surface area contributed by atoms with Crippen molar-refractivity contribution in [3.63, 3.8) is 0 Å². The lowest BCUT2D eigenvalue weighted by molar-refractivity contribution is 0.158. The molecule has 0 amide bonds. The molecule has 0 spiro atoms. The quantitative estimate of drug-likeness (QED) is 0.825. The van der Waals surface area contributed by atoms with E-state index in [-0.39, 0.29) is 28.5 Å². The van der Waals surface area contributed by atoms with Crippen LogP contribution in [0, 0.1) is 0 Å². The van der Waals surface area contributed by atoms with E-state index in [9.17, 15) is 8.42 Å². The molecule has 134 valence electrons. The van der Waals surface area contributed by atoms with Crippen molar-refractivity contribution >= 4 is 9.84 Å². The number of hydrogen-bond donors (Lipinski definition) is 2. The number of hydrogen-bond acceptors (Lipinski definition) is 5. The van der Waals surface area contributed by atoms with E-state index < -0.39 is 9.84 Å². The van der Waals surface area contributed by atoms with Crippen molar-refractivity contribution in [1.29, 1.82) is 0 Å². The Morgan fingerprint density at radius 2 is 1.96 bits per heavy atom. The third kappa shape index (κ3) is 4.03. The first-order chi connectivity index (χ1) is 12.0. The van der Waals surface area contributed by atoms with Crippen molar-refractivity contribution in [3.05, 3.63) is 54.1 Å². The zero-order chi connectivity index (χ0) is 17.9. The Hall–Kier alpha value is -1.89. The Kier molecular flexibility index (Phi) is 5.42. The van der Waals surface area contributed by atoms with Gasteiger partial charge in [-0.2, -0.15) is 0 Å². The van der Waals surface area contributed by atoms with Crippen LogP contribution in [0.4, 0.5) is 0 Å². The van der Waals surface area contributed by atoms with Gasteiger partial charge < -0.3 is 15.2 Å². The van der Waals surface area contributed by atoms with Gasteiger partial charge in [0.25, 0.3) is 0 Å². The third-order valence-electron chi connectivity index (χ3n) is 4.40. The summed E-state index contributed by atoms with van der Waals surface area (Å²) in [6.45, 7) is 2.60. The molecule has 0 saturated heterocycles. The summed E-state index contributed by atoms with van der Waals surface area (Å²) < 4.78 is 31.5. The van der Waals surface area contributed by atoms with Crippen LogP contribution >= 0.6 is 0 Å². The van der Waals surface area contributed by atoms with Gasteiger partial charge in [-0.05, 0) is 49.6 Å². The van der Waals surface area contributed by atoms with E-state index in [1.165, 1.54) is 0 Å². The predicted octanol–water partition coefficient (Wildman–Crippen LogP) is 2.18. The summed E-state index contributed by atoms with van der Waals surface area (Å²) in [6, 6.07) is 13.5. The molecule has 0 aliphatic carbocycles. The van der Waals surface area contributed by atoms with Crippen LogP contribution in [0.2, 0.25) is 0 Å². The second-order valence-electron chi connectivity index (χ2n) is 6.36. The van der Waals surface area contributed by atoms with Gasteiger partial charge in [0.2, 0.25) is 9.84 Å². The molecule has 0 radical (unpaired) electrons. The highest BCUT2D eigenvalue weighted by Crippen LogP contribution is 2.32. The highest BCUT2D eigenvalue weighted by molar-refractivity contribution is 7.91. The summed E-state index contributed by atoms with van der Waals surface area (Å²) >= 11 is 0. The lowest BCUT2D eigenvalue weighted by Crippen LogP contribution is -2.39. The van der Waals surface area contributed by atoms with E-state index >= 15 is 0 Å². The molecular weight excluding hydrogens is 338 g/mol. The van der Waals surface area contributed by atoms with E-state index in [2.05, 4.69) is 5.32 Å². The number of nitrogens with one attached hydrogen (secondary N) is 1. The number of rotatable bonds is 6. The number of aliphatic hydroxyl groups excluding tert-OH is 1. The third-order valence-corrected chi connectivity index (χ3v) is 6.17. The number of benzene rings is 2. The van der Waals surface area contributed by atoms with Gasteiger partial charge in [0, 0.05) is 12.6 Å². The molecule has 0 fully saturated rings. The summed E-state index contributed by atoms with van der Waals surface area (Å²) in [4.78, 5) is 0.524. The Morgan fingerprint density at radius 1 is 1.20 bits per heavy atom. The summed E-state index contributed by atoms with van der Waals surface area (Å²) in [7, 11) is -3.55. The molecule has 0 saturated carbocycles. The number of sulfone groups is 1. The molecule has 6 heteroatoms. The molecule has 5 nitrogen and oxygen atoms in total. The summed E-state index contributed by atoms with van der Waals surface area (Å²) in [6.07, 6.45) is 1.68. The van der Waals surface area contributed by atoms with Crippen molar-refractivity contribution < 1.29 is 18.3 Å². The van der Waals surface area contributed by atoms with E-state index in [1.54, 1.807) is 42.5 Å². The van der Waals surface area contributed by atoms with Crippen LogP contribution in [0.5, 0.6) is 5.75 Å². The van der Waals surface area contributed by atoms with Crippen molar-refractivity contribution in [2.24, 2.45) is 0 Å². The van der Waals surface area contributed by atoms with Crippen molar-refractivity contribution in [2.45, 2.75) is 41.7 Å². The molecule has 1 heterocycles. The minimum absolute atomic E-state index is 0.00906.